The second kappa shape index (κ2) is 5.88. The first kappa shape index (κ1) is 14.3. The van der Waals surface area contributed by atoms with Gasteiger partial charge in [0.1, 0.15) is 0 Å². The lowest BCUT2D eigenvalue weighted by atomic mass is 9.79. The van der Waals surface area contributed by atoms with Crippen LogP contribution in [-0.4, -0.2) is 17.6 Å². The second-order valence-electron chi connectivity index (χ2n) is 5.28. The largest absolute Gasteiger partial charge is 0.481 e. The minimum absolute atomic E-state index is 0.0359. The van der Waals surface area contributed by atoms with E-state index < -0.39 is 11.4 Å². The van der Waals surface area contributed by atoms with Crippen LogP contribution < -0.4 is 5.73 Å². The summed E-state index contributed by atoms with van der Waals surface area (Å²) in [6.07, 6.45) is 0.0359. The first-order valence-corrected chi connectivity index (χ1v) is 6.63. The lowest BCUT2D eigenvalue weighted by molar-refractivity contribution is -0.138. The van der Waals surface area contributed by atoms with Gasteiger partial charge in [-0.25, -0.2) is 0 Å². The zero-order chi connectivity index (χ0) is 14.6. The molecule has 0 heterocycles. The predicted octanol–water partition coefficient (Wildman–Crippen LogP) is 3.04. The molecule has 3 nitrogen and oxygen atoms in total. The topological polar surface area (TPSA) is 63.3 Å². The fraction of sp³-hybridized carbons (Fsp3) is 0.235. The molecule has 0 aliphatic heterocycles. The maximum absolute atomic E-state index is 11.0. The van der Waals surface area contributed by atoms with Crippen LogP contribution in [0.25, 0.3) is 11.1 Å². The van der Waals surface area contributed by atoms with Crippen LogP contribution in [0.2, 0.25) is 0 Å². The summed E-state index contributed by atoms with van der Waals surface area (Å²) in [6.45, 7) is 2.20. The molecule has 20 heavy (non-hydrogen) atoms. The van der Waals surface area contributed by atoms with Gasteiger partial charge in [0.25, 0.3) is 0 Å². The van der Waals surface area contributed by atoms with Gasteiger partial charge in [0, 0.05) is 12.0 Å². The first-order valence-electron chi connectivity index (χ1n) is 6.63. The Balaban J connectivity index is 2.30. The number of carboxylic acid groups (broad SMARTS) is 1. The summed E-state index contributed by atoms with van der Waals surface area (Å²) >= 11 is 0. The van der Waals surface area contributed by atoms with Gasteiger partial charge in [0.2, 0.25) is 0 Å². The number of hydrogen-bond acceptors (Lipinski definition) is 2. The molecule has 3 heteroatoms. The fourth-order valence-electron chi connectivity index (χ4n) is 2.32. The molecule has 0 aliphatic carbocycles. The van der Waals surface area contributed by atoms with Crippen LogP contribution >= 0.6 is 0 Å². The van der Waals surface area contributed by atoms with Gasteiger partial charge < -0.3 is 10.8 Å². The maximum Gasteiger partial charge on any atom is 0.304 e. The number of nitrogens with two attached hydrogens (primary N) is 1. The third-order valence-electron chi connectivity index (χ3n) is 3.68. The Morgan fingerprint density at radius 2 is 1.60 bits per heavy atom. The maximum atomic E-state index is 11.0. The van der Waals surface area contributed by atoms with Crippen molar-refractivity contribution >= 4 is 5.97 Å². The lowest BCUT2D eigenvalue weighted by Gasteiger charge is -2.26. The van der Waals surface area contributed by atoms with Gasteiger partial charge in [0.15, 0.2) is 0 Å². The van der Waals surface area contributed by atoms with Gasteiger partial charge in [-0.2, -0.15) is 0 Å². The highest BCUT2D eigenvalue weighted by Gasteiger charge is 2.28. The summed E-state index contributed by atoms with van der Waals surface area (Å²) in [7, 11) is 0. The van der Waals surface area contributed by atoms with Gasteiger partial charge in [-0.3, -0.25) is 4.79 Å². The summed E-state index contributed by atoms with van der Waals surface area (Å²) in [5.41, 5.74) is 8.47. The van der Waals surface area contributed by atoms with Crippen LogP contribution in [-0.2, 0) is 10.2 Å². The molecule has 1 unspecified atom stereocenters. The number of hydrogen-bond donors (Lipinski definition) is 2. The molecule has 0 amide bonds. The molecular weight excluding hydrogens is 250 g/mol. The highest BCUT2D eigenvalue weighted by Crippen LogP contribution is 2.29. The highest BCUT2D eigenvalue weighted by atomic mass is 16.4. The Kier molecular flexibility index (Phi) is 4.20. The van der Waals surface area contributed by atoms with Gasteiger partial charge >= 0.3 is 5.97 Å². The Labute approximate surface area is 119 Å². The molecular formula is C17H19NO2. The molecule has 0 spiro atoms. The van der Waals surface area contributed by atoms with Crippen molar-refractivity contribution in [3.63, 3.8) is 0 Å². The molecule has 0 fully saturated rings. The van der Waals surface area contributed by atoms with Gasteiger partial charge in [-0.1, -0.05) is 61.5 Å². The minimum Gasteiger partial charge on any atom is -0.481 e. The Bertz CT molecular complexity index is 578. The van der Waals surface area contributed by atoms with E-state index in [0.29, 0.717) is 6.54 Å². The first-order chi connectivity index (χ1) is 9.55. The SMILES string of the molecule is CC(CN)(CC(=O)O)c1ccc(-c2ccccc2)cc1. The van der Waals surface area contributed by atoms with Crippen molar-refractivity contribution in [3.05, 3.63) is 60.2 Å². The van der Waals surface area contributed by atoms with Crippen molar-refractivity contribution in [1.29, 1.82) is 0 Å². The smallest absolute Gasteiger partial charge is 0.304 e. The molecule has 0 aliphatic rings. The third-order valence-corrected chi connectivity index (χ3v) is 3.68. The van der Waals surface area contributed by atoms with Gasteiger partial charge in [-0.05, 0) is 16.7 Å². The monoisotopic (exact) mass is 269 g/mol. The van der Waals surface area contributed by atoms with E-state index in [-0.39, 0.29) is 6.42 Å². The quantitative estimate of drug-likeness (QED) is 0.877. The fourth-order valence-corrected chi connectivity index (χ4v) is 2.32. The molecule has 0 saturated heterocycles. The van der Waals surface area contributed by atoms with E-state index in [1.54, 1.807) is 0 Å². The molecule has 0 saturated carbocycles. The van der Waals surface area contributed by atoms with Crippen molar-refractivity contribution in [2.75, 3.05) is 6.54 Å². The molecule has 104 valence electrons. The summed E-state index contributed by atoms with van der Waals surface area (Å²) in [6, 6.07) is 18.0. The van der Waals surface area contributed by atoms with Crippen molar-refractivity contribution < 1.29 is 9.90 Å². The predicted molar refractivity (Wildman–Crippen MR) is 80.5 cm³/mol. The van der Waals surface area contributed by atoms with Crippen LogP contribution in [0.1, 0.15) is 18.9 Å². The van der Waals surface area contributed by atoms with Crippen molar-refractivity contribution in [2.24, 2.45) is 5.73 Å². The van der Waals surface area contributed by atoms with Crippen LogP contribution in [0.5, 0.6) is 0 Å². The number of rotatable bonds is 5. The van der Waals surface area contributed by atoms with E-state index in [9.17, 15) is 4.79 Å². The average Bonchev–Trinajstić information content (AvgIpc) is 2.47. The lowest BCUT2D eigenvalue weighted by Crippen LogP contribution is -2.34. The number of benzene rings is 2. The normalized spacial score (nSPS) is 13.7. The number of carboxylic acids is 1. The van der Waals surface area contributed by atoms with Crippen molar-refractivity contribution in [1.82, 2.24) is 0 Å². The van der Waals surface area contributed by atoms with Gasteiger partial charge in [0.05, 0.1) is 6.42 Å². The number of aliphatic carboxylic acids is 1. The molecule has 0 bridgehead atoms. The van der Waals surface area contributed by atoms with Crippen LogP contribution in [0, 0.1) is 0 Å². The molecule has 2 rings (SSSR count). The highest BCUT2D eigenvalue weighted by molar-refractivity contribution is 5.69. The van der Waals surface area contributed by atoms with Gasteiger partial charge in [-0.15, -0.1) is 0 Å². The Morgan fingerprint density at radius 3 is 2.10 bits per heavy atom. The van der Waals surface area contributed by atoms with Crippen LogP contribution in [0.4, 0.5) is 0 Å². The molecule has 2 aromatic rings. The summed E-state index contributed by atoms with van der Waals surface area (Å²) in [5.74, 6) is -0.829. The Morgan fingerprint density at radius 1 is 1.05 bits per heavy atom. The van der Waals surface area contributed by atoms with Crippen molar-refractivity contribution in [2.45, 2.75) is 18.8 Å². The van der Waals surface area contributed by atoms with Crippen LogP contribution in [0.15, 0.2) is 54.6 Å². The standard InChI is InChI=1S/C17H19NO2/c1-17(12-18,11-16(19)20)15-9-7-14(8-10-15)13-5-3-2-4-6-13/h2-10H,11-12,18H2,1H3,(H,19,20). The molecule has 0 aromatic heterocycles. The molecule has 1 atom stereocenters. The Hall–Kier alpha value is -2.13. The van der Waals surface area contributed by atoms with E-state index in [0.717, 1.165) is 16.7 Å². The summed E-state index contributed by atoms with van der Waals surface area (Å²) in [5, 5.41) is 9.02. The van der Waals surface area contributed by atoms with E-state index in [1.165, 1.54) is 0 Å². The molecule has 2 aromatic carbocycles. The summed E-state index contributed by atoms with van der Waals surface area (Å²) < 4.78 is 0. The van der Waals surface area contributed by atoms with Crippen molar-refractivity contribution in [3.8, 4) is 11.1 Å². The summed E-state index contributed by atoms with van der Waals surface area (Å²) in [4.78, 5) is 11.0. The number of carbonyl (C=O) groups is 1. The zero-order valence-corrected chi connectivity index (χ0v) is 11.5. The van der Waals surface area contributed by atoms with Crippen LogP contribution in [0.3, 0.4) is 0 Å². The molecule has 3 N–H and O–H groups in total. The van der Waals surface area contributed by atoms with E-state index >= 15 is 0 Å². The zero-order valence-electron chi connectivity index (χ0n) is 11.5. The third kappa shape index (κ3) is 3.06. The minimum atomic E-state index is -0.829. The second-order valence-corrected chi connectivity index (χ2v) is 5.28. The van der Waals surface area contributed by atoms with E-state index in [2.05, 4.69) is 0 Å². The average molecular weight is 269 g/mol. The van der Waals surface area contributed by atoms with E-state index in [1.807, 2.05) is 61.5 Å². The molecule has 0 radical (unpaired) electrons. The van der Waals surface area contributed by atoms with E-state index in [4.69, 9.17) is 10.8 Å².